The summed E-state index contributed by atoms with van der Waals surface area (Å²) in [5.41, 5.74) is -0.453. The maximum atomic E-state index is 13.4. The van der Waals surface area contributed by atoms with Gasteiger partial charge in [-0.05, 0) is 19.1 Å². The van der Waals surface area contributed by atoms with Gasteiger partial charge in [0, 0.05) is 0 Å². The van der Waals surface area contributed by atoms with E-state index in [1.54, 1.807) is 0 Å². The van der Waals surface area contributed by atoms with Crippen LogP contribution in [0.2, 0.25) is 5.02 Å². The van der Waals surface area contributed by atoms with Crippen molar-refractivity contribution in [3.8, 4) is 0 Å². The van der Waals surface area contributed by atoms with E-state index in [0.29, 0.717) is 0 Å². The highest BCUT2D eigenvalue weighted by molar-refractivity contribution is 6.33. The zero-order valence-corrected chi connectivity index (χ0v) is 10.1. The third-order valence-electron chi connectivity index (χ3n) is 2.22. The van der Waals surface area contributed by atoms with Gasteiger partial charge < -0.3 is 15.5 Å². The van der Waals surface area contributed by atoms with Crippen LogP contribution < -0.4 is 5.32 Å². The average Bonchev–Trinajstić information content (AvgIpc) is 2.24. The van der Waals surface area contributed by atoms with E-state index in [0.717, 1.165) is 6.07 Å². The summed E-state index contributed by atoms with van der Waals surface area (Å²) in [4.78, 5) is 22.5. The molecule has 1 aromatic rings. The van der Waals surface area contributed by atoms with Crippen LogP contribution in [-0.2, 0) is 4.79 Å². The van der Waals surface area contributed by atoms with Crippen molar-refractivity contribution in [2.45, 2.75) is 19.1 Å². The molecular formula is C11H11ClFNO4. The first-order valence-electron chi connectivity index (χ1n) is 5.00. The highest BCUT2D eigenvalue weighted by Crippen LogP contribution is 2.18. The predicted molar refractivity (Wildman–Crippen MR) is 62.0 cm³/mol. The second kappa shape index (κ2) is 5.79. The molecule has 0 aliphatic heterocycles. The molecular weight excluding hydrogens is 265 g/mol. The molecule has 0 bridgehead atoms. The van der Waals surface area contributed by atoms with E-state index in [9.17, 15) is 19.1 Å². The Balaban J connectivity index is 2.98. The van der Waals surface area contributed by atoms with Crippen molar-refractivity contribution in [3.05, 3.63) is 34.6 Å². The minimum Gasteiger partial charge on any atom is -0.480 e. The zero-order valence-electron chi connectivity index (χ0n) is 9.35. The lowest BCUT2D eigenvalue weighted by molar-refractivity contribution is -0.141. The summed E-state index contributed by atoms with van der Waals surface area (Å²) >= 11 is 5.66. The van der Waals surface area contributed by atoms with Gasteiger partial charge >= 0.3 is 5.97 Å². The van der Waals surface area contributed by atoms with E-state index in [1.165, 1.54) is 19.1 Å². The van der Waals surface area contributed by atoms with E-state index in [-0.39, 0.29) is 5.02 Å². The summed E-state index contributed by atoms with van der Waals surface area (Å²) in [6.07, 6.45) is -1.32. The number of rotatable bonds is 4. The lowest BCUT2D eigenvalue weighted by Gasteiger charge is -2.17. The lowest BCUT2D eigenvalue weighted by Crippen LogP contribution is -2.47. The van der Waals surface area contributed by atoms with Crippen LogP contribution in [0.25, 0.3) is 0 Å². The number of benzene rings is 1. The highest BCUT2D eigenvalue weighted by Gasteiger charge is 2.27. The van der Waals surface area contributed by atoms with Crippen molar-refractivity contribution >= 4 is 23.5 Å². The van der Waals surface area contributed by atoms with Gasteiger partial charge in [0.2, 0.25) is 0 Å². The van der Waals surface area contributed by atoms with Crippen molar-refractivity contribution < 1.29 is 24.2 Å². The minimum absolute atomic E-state index is 0.137. The molecule has 1 aromatic carbocycles. The van der Waals surface area contributed by atoms with Crippen LogP contribution in [0.15, 0.2) is 18.2 Å². The van der Waals surface area contributed by atoms with Crippen LogP contribution in [-0.4, -0.2) is 34.2 Å². The highest BCUT2D eigenvalue weighted by atomic mass is 35.5. The standard InChI is InChI=1S/C11H11ClFNO4/c1-5(15)9(11(17)18)14-10(16)8-6(12)3-2-4-7(8)13/h2-5,9,15H,1H3,(H,14,16)(H,17,18)/t5-,9+/m1/s1. The largest absolute Gasteiger partial charge is 0.480 e. The number of hydrogen-bond acceptors (Lipinski definition) is 3. The zero-order chi connectivity index (χ0) is 13.9. The number of aliphatic hydroxyl groups excluding tert-OH is 1. The van der Waals surface area contributed by atoms with Crippen LogP contribution in [0.4, 0.5) is 4.39 Å². The fourth-order valence-electron chi connectivity index (χ4n) is 1.32. The van der Waals surface area contributed by atoms with Crippen molar-refractivity contribution in [2.24, 2.45) is 0 Å². The number of carbonyl (C=O) groups is 2. The van der Waals surface area contributed by atoms with Crippen LogP contribution in [0, 0.1) is 5.82 Å². The van der Waals surface area contributed by atoms with Gasteiger partial charge in [0.1, 0.15) is 5.82 Å². The summed E-state index contributed by atoms with van der Waals surface area (Å²) in [5, 5.41) is 19.8. The molecule has 0 spiro atoms. The number of aliphatic hydroxyl groups is 1. The van der Waals surface area contributed by atoms with E-state index in [2.05, 4.69) is 0 Å². The number of carboxylic acids is 1. The van der Waals surface area contributed by atoms with E-state index < -0.39 is 35.4 Å². The monoisotopic (exact) mass is 275 g/mol. The topological polar surface area (TPSA) is 86.6 Å². The van der Waals surface area contributed by atoms with Crippen molar-refractivity contribution in [1.29, 1.82) is 0 Å². The fraction of sp³-hybridized carbons (Fsp3) is 0.273. The van der Waals surface area contributed by atoms with Crippen molar-refractivity contribution in [3.63, 3.8) is 0 Å². The number of carbonyl (C=O) groups excluding carboxylic acids is 1. The maximum absolute atomic E-state index is 13.4. The molecule has 2 atom stereocenters. The van der Waals surface area contributed by atoms with Crippen molar-refractivity contribution in [2.75, 3.05) is 0 Å². The molecule has 3 N–H and O–H groups in total. The lowest BCUT2D eigenvalue weighted by atomic mass is 10.1. The van der Waals surface area contributed by atoms with Gasteiger partial charge in [0.25, 0.3) is 5.91 Å². The van der Waals surface area contributed by atoms with E-state index in [1.807, 2.05) is 5.32 Å². The molecule has 5 nitrogen and oxygen atoms in total. The van der Waals surface area contributed by atoms with Gasteiger partial charge in [-0.3, -0.25) is 4.79 Å². The first kappa shape index (κ1) is 14.4. The molecule has 1 amide bonds. The van der Waals surface area contributed by atoms with Gasteiger partial charge in [0.05, 0.1) is 16.7 Å². The Morgan fingerprint density at radius 3 is 2.50 bits per heavy atom. The summed E-state index contributed by atoms with van der Waals surface area (Å²) < 4.78 is 13.4. The van der Waals surface area contributed by atoms with Gasteiger partial charge in [-0.15, -0.1) is 0 Å². The average molecular weight is 276 g/mol. The second-order valence-corrected chi connectivity index (χ2v) is 4.03. The minimum atomic E-state index is -1.53. The van der Waals surface area contributed by atoms with Gasteiger partial charge in [-0.1, -0.05) is 17.7 Å². The number of hydrogen-bond donors (Lipinski definition) is 3. The molecule has 98 valence electrons. The predicted octanol–water partition coefficient (Wildman–Crippen LogP) is 1.04. The number of aliphatic carboxylic acids is 1. The van der Waals surface area contributed by atoms with E-state index in [4.69, 9.17) is 16.7 Å². The Labute approximate surface area is 107 Å². The quantitative estimate of drug-likeness (QED) is 0.766. The summed E-state index contributed by atoms with van der Waals surface area (Å²) in [6.45, 7) is 1.20. The first-order valence-corrected chi connectivity index (χ1v) is 5.38. The molecule has 0 saturated carbocycles. The SMILES string of the molecule is C[C@@H](O)[C@H](NC(=O)c1c(F)cccc1Cl)C(=O)O. The second-order valence-electron chi connectivity index (χ2n) is 3.63. The Hall–Kier alpha value is -1.66. The van der Waals surface area contributed by atoms with Crippen LogP contribution >= 0.6 is 11.6 Å². The number of nitrogens with one attached hydrogen (secondary N) is 1. The molecule has 0 fully saturated rings. The third kappa shape index (κ3) is 3.18. The third-order valence-corrected chi connectivity index (χ3v) is 2.54. The van der Waals surface area contributed by atoms with E-state index >= 15 is 0 Å². The molecule has 0 unspecified atom stereocenters. The molecule has 0 saturated heterocycles. The Kier molecular flexibility index (Phi) is 4.63. The normalized spacial score (nSPS) is 13.8. The maximum Gasteiger partial charge on any atom is 0.328 e. The fourth-order valence-corrected chi connectivity index (χ4v) is 1.57. The van der Waals surface area contributed by atoms with Crippen molar-refractivity contribution in [1.82, 2.24) is 5.32 Å². The van der Waals surface area contributed by atoms with Gasteiger partial charge in [-0.25, -0.2) is 9.18 Å². The number of carboxylic acid groups (broad SMARTS) is 1. The Morgan fingerprint density at radius 2 is 2.06 bits per heavy atom. The van der Waals surface area contributed by atoms with Gasteiger partial charge in [-0.2, -0.15) is 0 Å². The molecule has 1 rings (SSSR count). The molecule has 0 heterocycles. The summed E-state index contributed by atoms with van der Waals surface area (Å²) in [6, 6.07) is 2.11. The molecule has 0 aromatic heterocycles. The number of amides is 1. The smallest absolute Gasteiger partial charge is 0.328 e. The Bertz CT molecular complexity index is 458. The van der Waals surface area contributed by atoms with Crippen LogP contribution in [0.1, 0.15) is 17.3 Å². The first-order chi connectivity index (χ1) is 8.34. The number of halogens is 2. The van der Waals surface area contributed by atoms with Crippen LogP contribution in [0.5, 0.6) is 0 Å². The molecule has 0 aliphatic rings. The molecule has 0 aliphatic carbocycles. The summed E-state index contributed by atoms with van der Waals surface area (Å²) in [5.74, 6) is -3.29. The summed E-state index contributed by atoms with van der Waals surface area (Å²) in [7, 11) is 0. The van der Waals surface area contributed by atoms with Gasteiger partial charge in [0.15, 0.2) is 6.04 Å². The molecule has 0 radical (unpaired) electrons. The molecule has 18 heavy (non-hydrogen) atoms. The van der Waals surface area contributed by atoms with Crippen LogP contribution in [0.3, 0.4) is 0 Å². The molecule has 7 heteroatoms. The Morgan fingerprint density at radius 1 is 1.44 bits per heavy atom.